The fourth-order valence-corrected chi connectivity index (χ4v) is 4.39. The standard InChI is InChI=1S/C22H26F2N2/c23-18-7-5-17(6-8-18)20-4-3-13-26(15-14-25-11-1-2-12-25)22-16-19(24)9-10-21(20)22/h5-10,16,20H,1-4,11-15H2. The van der Waals surface area contributed by atoms with Crippen LogP contribution in [0.25, 0.3) is 0 Å². The van der Waals surface area contributed by atoms with E-state index < -0.39 is 0 Å². The van der Waals surface area contributed by atoms with Crippen molar-refractivity contribution in [3.8, 4) is 0 Å². The molecule has 1 atom stereocenters. The first-order valence-corrected chi connectivity index (χ1v) is 9.73. The number of hydrogen-bond donors (Lipinski definition) is 0. The lowest BCUT2D eigenvalue weighted by molar-refractivity contribution is 0.344. The first-order chi connectivity index (χ1) is 12.7. The molecule has 2 aromatic rings. The number of likely N-dealkylation sites (tertiary alicyclic amines) is 1. The summed E-state index contributed by atoms with van der Waals surface area (Å²) >= 11 is 0. The second kappa shape index (κ2) is 7.75. The minimum atomic E-state index is -0.214. The zero-order valence-electron chi connectivity index (χ0n) is 15.1. The molecule has 2 aliphatic rings. The van der Waals surface area contributed by atoms with Gasteiger partial charge < -0.3 is 9.80 Å². The third kappa shape index (κ3) is 3.75. The van der Waals surface area contributed by atoms with Crippen molar-refractivity contribution in [2.75, 3.05) is 37.6 Å². The van der Waals surface area contributed by atoms with Crippen LogP contribution in [0.5, 0.6) is 0 Å². The molecule has 0 saturated carbocycles. The molecule has 0 amide bonds. The van der Waals surface area contributed by atoms with Crippen LogP contribution in [0.2, 0.25) is 0 Å². The Hall–Kier alpha value is -1.94. The highest BCUT2D eigenvalue weighted by atomic mass is 19.1. The topological polar surface area (TPSA) is 6.48 Å². The maximum Gasteiger partial charge on any atom is 0.125 e. The van der Waals surface area contributed by atoms with E-state index in [1.54, 1.807) is 12.1 Å². The number of hydrogen-bond acceptors (Lipinski definition) is 2. The molecule has 2 aliphatic heterocycles. The molecule has 4 heteroatoms. The van der Waals surface area contributed by atoms with Crippen molar-refractivity contribution < 1.29 is 8.78 Å². The van der Waals surface area contributed by atoms with Gasteiger partial charge in [0.15, 0.2) is 0 Å². The zero-order chi connectivity index (χ0) is 17.9. The Labute approximate surface area is 154 Å². The van der Waals surface area contributed by atoms with Crippen molar-refractivity contribution in [1.29, 1.82) is 0 Å². The molecule has 0 bridgehead atoms. The molecular weight excluding hydrogens is 330 g/mol. The van der Waals surface area contributed by atoms with Crippen LogP contribution in [-0.2, 0) is 0 Å². The molecule has 0 radical (unpaired) electrons. The number of rotatable bonds is 4. The number of halogens is 2. The second-order valence-corrected chi connectivity index (χ2v) is 7.49. The summed E-state index contributed by atoms with van der Waals surface area (Å²) < 4.78 is 27.4. The van der Waals surface area contributed by atoms with E-state index in [4.69, 9.17) is 0 Å². The van der Waals surface area contributed by atoms with E-state index in [9.17, 15) is 8.78 Å². The molecule has 4 rings (SSSR count). The van der Waals surface area contributed by atoms with Crippen LogP contribution >= 0.6 is 0 Å². The van der Waals surface area contributed by atoms with Crippen LogP contribution in [0.15, 0.2) is 42.5 Å². The van der Waals surface area contributed by atoms with Gasteiger partial charge in [-0.2, -0.15) is 0 Å². The van der Waals surface area contributed by atoms with Crippen molar-refractivity contribution in [1.82, 2.24) is 4.90 Å². The average molecular weight is 356 g/mol. The summed E-state index contributed by atoms with van der Waals surface area (Å²) in [5.74, 6) is -0.202. The van der Waals surface area contributed by atoms with E-state index in [-0.39, 0.29) is 17.6 Å². The van der Waals surface area contributed by atoms with Crippen LogP contribution in [0.4, 0.5) is 14.5 Å². The molecule has 1 fully saturated rings. The van der Waals surface area contributed by atoms with Crippen LogP contribution < -0.4 is 4.90 Å². The lowest BCUT2D eigenvalue weighted by Crippen LogP contribution is -2.34. The highest BCUT2D eigenvalue weighted by Gasteiger charge is 2.25. The molecule has 2 aromatic carbocycles. The van der Waals surface area contributed by atoms with Gasteiger partial charge in [0.25, 0.3) is 0 Å². The highest BCUT2D eigenvalue weighted by molar-refractivity contribution is 5.58. The van der Waals surface area contributed by atoms with E-state index in [0.717, 1.165) is 49.3 Å². The third-order valence-electron chi connectivity index (χ3n) is 5.79. The maximum absolute atomic E-state index is 14.0. The molecule has 26 heavy (non-hydrogen) atoms. The summed E-state index contributed by atoms with van der Waals surface area (Å²) in [6.45, 7) is 5.29. The van der Waals surface area contributed by atoms with E-state index in [1.165, 1.54) is 38.1 Å². The van der Waals surface area contributed by atoms with E-state index >= 15 is 0 Å². The Morgan fingerprint density at radius 3 is 2.31 bits per heavy atom. The minimum absolute atomic E-state index is 0.185. The monoisotopic (exact) mass is 356 g/mol. The van der Waals surface area contributed by atoms with E-state index in [1.807, 2.05) is 18.2 Å². The third-order valence-corrected chi connectivity index (χ3v) is 5.79. The summed E-state index contributed by atoms with van der Waals surface area (Å²) in [7, 11) is 0. The fourth-order valence-electron chi connectivity index (χ4n) is 4.39. The number of fused-ring (bicyclic) bond motifs is 1. The number of nitrogens with zero attached hydrogens (tertiary/aromatic N) is 2. The fraction of sp³-hybridized carbons (Fsp3) is 0.455. The summed E-state index contributed by atoms with van der Waals surface area (Å²) in [6.07, 6.45) is 4.64. The van der Waals surface area contributed by atoms with Gasteiger partial charge >= 0.3 is 0 Å². The normalized spacial score (nSPS) is 20.8. The van der Waals surface area contributed by atoms with Gasteiger partial charge in [-0.1, -0.05) is 18.2 Å². The predicted octanol–water partition coefficient (Wildman–Crippen LogP) is 4.79. The molecule has 1 unspecified atom stereocenters. The number of benzene rings is 2. The second-order valence-electron chi connectivity index (χ2n) is 7.49. The molecule has 1 saturated heterocycles. The Balaban J connectivity index is 1.62. The van der Waals surface area contributed by atoms with Gasteiger partial charge in [-0.15, -0.1) is 0 Å². The van der Waals surface area contributed by atoms with Gasteiger partial charge in [-0.25, -0.2) is 8.78 Å². The Bertz CT molecular complexity index is 738. The van der Waals surface area contributed by atoms with Crippen LogP contribution in [0.1, 0.15) is 42.7 Å². The SMILES string of the molecule is Fc1ccc(C2CCCN(CCN3CCCC3)c3cc(F)ccc32)cc1. The largest absolute Gasteiger partial charge is 0.370 e. The van der Waals surface area contributed by atoms with Crippen LogP contribution in [-0.4, -0.2) is 37.6 Å². The van der Waals surface area contributed by atoms with E-state index in [2.05, 4.69) is 9.80 Å². The predicted molar refractivity (Wildman–Crippen MR) is 102 cm³/mol. The Kier molecular flexibility index (Phi) is 5.21. The molecular formula is C22H26F2N2. The summed E-state index contributed by atoms with van der Waals surface area (Å²) in [4.78, 5) is 4.85. The smallest absolute Gasteiger partial charge is 0.125 e. The van der Waals surface area contributed by atoms with Crippen molar-refractivity contribution in [2.24, 2.45) is 0 Å². The first kappa shape index (κ1) is 17.5. The minimum Gasteiger partial charge on any atom is -0.370 e. The molecule has 0 aliphatic carbocycles. The average Bonchev–Trinajstić information content (AvgIpc) is 3.10. The number of anilines is 1. The quantitative estimate of drug-likeness (QED) is 0.777. The lowest BCUT2D eigenvalue weighted by atomic mass is 9.87. The van der Waals surface area contributed by atoms with Crippen molar-refractivity contribution in [3.05, 3.63) is 65.2 Å². The molecule has 2 heterocycles. The molecule has 2 nitrogen and oxygen atoms in total. The van der Waals surface area contributed by atoms with Gasteiger partial charge in [-0.05, 0) is 74.2 Å². The van der Waals surface area contributed by atoms with Crippen molar-refractivity contribution >= 4 is 5.69 Å². The molecule has 138 valence electrons. The molecule has 0 spiro atoms. The van der Waals surface area contributed by atoms with Gasteiger partial charge in [0.1, 0.15) is 11.6 Å². The van der Waals surface area contributed by atoms with Crippen molar-refractivity contribution in [3.63, 3.8) is 0 Å². The van der Waals surface area contributed by atoms with Crippen LogP contribution in [0, 0.1) is 11.6 Å². The van der Waals surface area contributed by atoms with E-state index in [0.29, 0.717) is 0 Å². The van der Waals surface area contributed by atoms with Gasteiger partial charge in [0, 0.05) is 31.2 Å². The summed E-state index contributed by atoms with van der Waals surface area (Å²) in [5.41, 5.74) is 3.29. The van der Waals surface area contributed by atoms with Gasteiger partial charge in [0.2, 0.25) is 0 Å². The summed E-state index contributed by atoms with van der Waals surface area (Å²) in [6, 6.07) is 11.9. The summed E-state index contributed by atoms with van der Waals surface area (Å²) in [5, 5.41) is 0. The highest BCUT2D eigenvalue weighted by Crippen LogP contribution is 2.39. The first-order valence-electron chi connectivity index (χ1n) is 9.73. The lowest BCUT2D eigenvalue weighted by Gasteiger charge is -2.28. The van der Waals surface area contributed by atoms with Crippen LogP contribution in [0.3, 0.4) is 0 Å². The molecule has 0 aromatic heterocycles. The van der Waals surface area contributed by atoms with Gasteiger partial charge in [0.05, 0.1) is 0 Å². The maximum atomic E-state index is 14.0. The van der Waals surface area contributed by atoms with Gasteiger partial charge in [-0.3, -0.25) is 0 Å². The molecule has 0 N–H and O–H groups in total. The Morgan fingerprint density at radius 2 is 1.54 bits per heavy atom. The Morgan fingerprint density at radius 1 is 0.808 bits per heavy atom. The van der Waals surface area contributed by atoms with Crippen molar-refractivity contribution in [2.45, 2.75) is 31.6 Å². The zero-order valence-corrected chi connectivity index (χ0v) is 15.1.